The molecule has 1 heterocycles. The number of hydroxylamine groups is 1. The molecule has 3 aliphatic rings. The minimum Gasteiger partial charge on any atom is -0.381 e. The molecule has 2 aliphatic carbocycles. The van der Waals surface area contributed by atoms with Crippen molar-refractivity contribution in [2.45, 2.75) is 79.9 Å². The van der Waals surface area contributed by atoms with E-state index in [0.29, 0.717) is 17.5 Å². The summed E-state index contributed by atoms with van der Waals surface area (Å²) in [7, 11) is -4.06. The van der Waals surface area contributed by atoms with Crippen molar-refractivity contribution < 1.29 is 18.4 Å². The van der Waals surface area contributed by atoms with Crippen LogP contribution in [0.3, 0.4) is 0 Å². The van der Waals surface area contributed by atoms with Gasteiger partial charge in [-0.05, 0) is 81.6 Å². The van der Waals surface area contributed by atoms with Crippen LogP contribution in [0.4, 0.5) is 5.69 Å². The second kappa shape index (κ2) is 8.89. The van der Waals surface area contributed by atoms with Gasteiger partial charge in [-0.25, -0.2) is 13.9 Å². The van der Waals surface area contributed by atoms with E-state index in [1.807, 2.05) is 0 Å². The monoisotopic (exact) mass is 469 g/mol. The SMILES string of the molecule is O=C(NO)C1(S(=O)(=O)c2ccc(NC3CCCCC3)c(Cl)c2)CCC2(CCNCC2)C1. The van der Waals surface area contributed by atoms with Crippen molar-refractivity contribution in [3.63, 3.8) is 0 Å². The van der Waals surface area contributed by atoms with Gasteiger partial charge in [-0.3, -0.25) is 10.0 Å². The molecule has 0 bridgehead atoms. The number of anilines is 1. The summed E-state index contributed by atoms with van der Waals surface area (Å²) in [5, 5.41) is 16.5. The van der Waals surface area contributed by atoms with Crippen LogP contribution in [0.15, 0.2) is 23.1 Å². The van der Waals surface area contributed by atoms with Crippen molar-refractivity contribution in [1.82, 2.24) is 10.8 Å². The first-order valence-electron chi connectivity index (χ1n) is 11.3. The van der Waals surface area contributed by atoms with Gasteiger partial charge in [0.1, 0.15) is 0 Å². The fourth-order valence-electron chi connectivity index (χ4n) is 5.75. The van der Waals surface area contributed by atoms with Crippen molar-refractivity contribution >= 4 is 33.0 Å². The highest BCUT2D eigenvalue weighted by Crippen LogP contribution is 2.54. The smallest absolute Gasteiger partial charge is 0.265 e. The maximum Gasteiger partial charge on any atom is 0.265 e. The lowest BCUT2D eigenvalue weighted by atomic mass is 9.77. The molecule has 1 atom stereocenters. The lowest BCUT2D eigenvalue weighted by Gasteiger charge is -2.36. The summed E-state index contributed by atoms with van der Waals surface area (Å²) < 4.78 is 25.9. The van der Waals surface area contributed by atoms with E-state index in [9.17, 15) is 18.4 Å². The molecule has 4 N–H and O–H groups in total. The number of nitrogens with one attached hydrogen (secondary N) is 3. The van der Waals surface area contributed by atoms with Gasteiger partial charge in [0.25, 0.3) is 5.91 Å². The number of hydrogen-bond donors (Lipinski definition) is 4. The first-order valence-corrected chi connectivity index (χ1v) is 13.1. The van der Waals surface area contributed by atoms with Crippen LogP contribution in [-0.4, -0.2) is 43.4 Å². The zero-order valence-electron chi connectivity index (χ0n) is 17.8. The van der Waals surface area contributed by atoms with E-state index in [-0.39, 0.29) is 23.2 Å². The molecule has 0 aromatic heterocycles. The van der Waals surface area contributed by atoms with Crippen LogP contribution in [0.1, 0.15) is 64.2 Å². The number of piperidine rings is 1. The van der Waals surface area contributed by atoms with Crippen LogP contribution in [0.5, 0.6) is 0 Å². The Morgan fingerprint density at radius 2 is 1.81 bits per heavy atom. The van der Waals surface area contributed by atoms with Crippen molar-refractivity contribution in [1.29, 1.82) is 0 Å². The molecular formula is C22H32ClN3O4S. The Balaban J connectivity index is 1.63. The molecule has 3 fully saturated rings. The fourth-order valence-corrected chi connectivity index (χ4v) is 8.18. The Labute approximate surface area is 189 Å². The maximum atomic E-state index is 13.8. The highest BCUT2D eigenvalue weighted by Gasteiger charge is 2.60. The van der Waals surface area contributed by atoms with Crippen LogP contribution in [0.2, 0.25) is 5.02 Å². The third kappa shape index (κ3) is 4.19. The van der Waals surface area contributed by atoms with E-state index in [1.54, 1.807) is 11.5 Å². The first kappa shape index (κ1) is 22.8. The summed E-state index contributed by atoms with van der Waals surface area (Å²) in [6.45, 7) is 1.62. The Hall–Kier alpha value is -1.35. The lowest BCUT2D eigenvalue weighted by Crippen LogP contribution is -2.51. The van der Waals surface area contributed by atoms with Gasteiger partial charge in [0, 0.05) is 6.04 Å². The molecule has 1 spiro atoms. The van der Waals surface area contributed by atoms with E-state index >= 15 is 0 Å². The highest BCUT2D eigenvalue weighted by atomic mass is 35.5. The molecule has 0 radical (unpaired) electrons. The summed E-state index contributed by atoms with van der Waals surface area (Å²) in [6.07, 6.45) is 8.47. The zero-order valence-corrected chi connectivity index (χ0v) is 19.3. The van der Waals surface area contributed by atoms with E-state index < -0.39 is 20.5 Å². The molecule has 2 saturated carbocycles. The third-order valence-electron chi connectivity index (χ3n) is 7.63. The van der Waals surface area contributed by atoms with Crippen LogP contribution in [-0.2, 0) is 14.6 Å². The van der Waals surface area contributed by atoms with Crippen LogP contribution in [0, 0.1) is 5.41 Å². The van der Waals surface area contributed by atoms with E-state index in [1.165, 1.54) is 31.4 Å². The number of sulfone groups is 1. The zero-order chi connectivity index (χ0) is 22.1. The Morgan fingerprint density at radius 1 is 1.10 bits per heavy atom. The fraction of sp³-hybridized carbons (Fsp3) is 0.682. The van der Waals surface area contributed by atoms with Crippen LogP contribution >= 0.6 is 11.6 Å². The maximum absolute atomic E-state index is 13.8. The number of benzene rings is 1. The molecule has 1 aliphatic heterocycles. The van der Waals surface area contributed by atoms with Crippen molar-refractivity contribution in [3.8, 4) is 0 Å². The normalized spacial score (nSPS) is 26.6. The molecule has 172 valence electrons. The molecule has 4 rings (SSSR count). The predicted octanol–water partition coefficient (Wildman–Crippen LogP) is 3.66. The van der Waals surface area contributed by atoms with E-state index in [2.05, 4.69) is 10.6 Å². The van der Waals surface area contributed by atoms with Crippen LogP contribution in [0.25, 0.3) is 0 Å². The number of hydrogen-bond acceptors (Lipinski definition) is 6. The molecule has 1 unspecified atom stereocenters. The quantitative estimate of drug-likeness (QED) is 0.387. The summed E-state index contributed by atoms with van der Waals surface area (Å²) in [6, 6.07) is 5.02. The Bertz CT molecular complexity index is 927. The molecule has 1 aromatic carbocycles. The van der Waals surface area contributed by atoms with E-state index in [4.69, 9.17) is 11.6 Å². The Kier molecular flexibility index (Phi) is 6.54. The van der Waals surface area contributed by atoms with Gasteiger partial charge in [-0.1, -0.05) is 30.9 Å². The van der Waals surface area contributed by atoms with Gasteiger partial charge < -0.3 is 10.6 Å². The van der Waals surface area contributed by atoms with Gasteiger partial charge >= 0.3 is 0 Å². The molecule has 7 nitrogen and oxygen atoms in total. The second-order valence-corrected chi connectivity index (χ2v) is 12.2. The Morgan fingerprint density at radius 3 is 2.45 bits per heavy atom. The van der Waals surface area contributed by atoms with Crippen molar-refractivity contribution in [2.75, 3.05) is 18.4 Å². The number of carbonyl (C=O) groups is 1. The third-order valence-corrected chi connectivity index (χ3v) is 10.4. The van der Waals surface area contributed by atoms with Gasteiger partial charge in [0.05, 0.1) is 15.6 Å². The summed E-state index contributed by atoms with van der Waals surface area (Å²) in [4.78, 5) is 12.8. The lowest BCUT2D eigenvalue weighted by molar-refractivity contribution is -0.132. The van der Waals surface area contributed by atoms with Gasteiger partial charge in [0.15, 0.2) is 14.6 Å². The molecular weight excluding hydrogens is 438 g/mol. The number of amides is 1. The highest BCUT2D eigenvalue weighted by molar-refractivity contribution is 7.93. The number of halogens is 1. The second-order valence-electron chi connectivity index (χ2n) is 9.49. The summed E-state index contributed by atoms with van der Waals surface area (Å²) in [5.74, 6) is -0.844. The minimum absolute atomic E-state index is 0.0290. The average molecular weight is 470 g/mol. The standard InChI is InChI=1S/C22H32ClN3O4S/c23-18-14-17(6-7-19(18)25-16-4-2-1-3-5-16)31(29,30)22(20(27)26-28)9-8-21(15-22)10-12-24-13-11-21/h6-7,14,16,24-25,28H,1-5,8-13,15H2,(H,26,27). The van der Waals surface area contributed by atoms with Gasteiger partial charge in [-0.2, -0.15) is 0 Å². The molecule has 1 amide bonds. The van der Waals surface area contributed by atoms with Gasteiger partial charge in [0.2, 0.25) is 0 Å². The van der Waals surface area contributed by atoms with Crippen molar-refractivity contribution in [3.05, 3.63) is 23.2 Å². The van der Waals surface area contributed by atoms with Crippen LogP contribution < -0.4 is 16.1 Å². The summed E-state index contributed by atoms with van der Waals surface area (Å²) >= 11 is 6.48. The van der Waals surface area contributed by atoms with E-state index in [0.717, 1.165) is 44.5 Å². The molecule has 9 heteroatoms. The molecule has 1 saturated heterocycles. The molecule has 31 heavy (non-hydrogen) atoms. The average Bonchev–Trinajstić information content (AvgIpc) is 3.16. The predicted molar refractivity (Wildman–Crippen MR) is 120 cm³/mol. The first-order chi connectivity index (χ1) is 14.8. The molecule has 1 aromatic rings. The number of rotatable bonds is 5. The van der Waals surface area contributed by atoms with Gasteiger partial charge in [-0.15, -0.1) is 0 Å². The summed E-state index contributed by atoms with van der Waals surface area (Å²) in [5.41, 5.74) is 2.17. The topological polar surface area (TPSA) is 108 Å². The number of carbonyl (C=O) groups excluding carboxylic acids is 1. The van der Waals surface area contributed by atoms with Crippen molar-refractivity contribution in [2.24, 2.45) is 5.41 Å². The minimum atomic E-state index is -4.06. The largest absolute Gasteiger partial charge is 0.381 e.